The molecule has 32 heavy (non-hydrogen) atoms. The number of ketones is 1. The van der Waals surface area contributed by atoms with Gasteiger partial charge in [-0.05, 0) is 37.1 Å². The topological polar surface area (TPSA) is 55.2 Å². The second kappa shape index (κ2) is 8.58. The van der Waals surface area contributed by atoms with E-state index in [0.29, 0.717) is 16.1 Å². The zero-order valence-corrected chi connectivity index (χ0v) is 20.1. The molecule has 1 aromatic heterocycles. The molecule has 1 aliphatic heterocycles. The smallest absolute Gasteiger partial charge is 0.262 e. The number of para-hydroxylation sites is 2. The van der Waals surface area contributed by atoms with E-state index in [1.54, 1.807) is 10.6 Å². The van der Waals surface area contributed by atoms with Crippen LogP contribution in [0.3, 0.4) is 0 Å². The van der Waals surface area contributed by atoms with E-state index in [1.807, 2.05) is 57.3 Å². The number of hydrogen-bond donors (Lipinski definition) is 0. The van der Waals surface area contributed by atoms with Crippen molar-refractivity contribution >= 4 is 34.1 Å². The van der Waals surface area contributed by atoms with Gasteiger partial charge in [0.15, 0.2) is 10.9 Å². The number of carbonyl (C=O) groups is 1. The van der Waals surface area contributed by atoms with Gasteiger partial charge in [0.1, 0.15) is 0 Å². The molecule has 0 aliphatic carbocycles. The van der Waals surface area contributed by atoms with Crippen molar-refractivity contribution in [3.05, 3.63) is 76.2 Å². The van der Waals surface area contributed by atoms with Crippen molar-refractivity contribution in [1.29, 1.82) is 0 Å². The van der Waals surface area contributed by atoms with Crippen LogP contribution in [0, 0.1) is 0 Å². The van der Waals surface area contributed by atoms with Crippen molar-refractivity contribution < 1.29 is 4.79 Å². The van der Waals surface area contributed by atoms with Crippen LogP contribution in [0.25, 0.3) is 10.9 Å². The molecule has 1 unspecified atom stereocenters. The number of allylic oxidation sites excluding steroid dienone is 2. The first-order chi connectivity index (χ1) is 15.3. The van der Waals surface area contributed by atoms with Crippen LogP contribution >= 0.6 is 11.8 Å². The maximum absolute atomic E-state index is 13.1. The van der Waals surface area contributed by atoms with Gasteiger partial charge in [-0.3, -0.25) is 14.2 Å². The van der Waals surface area contributed by atoms with Gasteiger partial charge in [-0.1, -0.05) is 62.9 Å². The maximum atomic E-state index is 13.1. The molecule has 0 amide bonds. The molecule has 1 atom stereocenters. The number of rotatable bonds is 6. The standard InChI is InChI=1S/C26H29N3O2S/c1-6-17(2)29-24(31)19-11-7-9-13-21(19)27-25(29)32-16-18(30)15-23-26(3,4)20-12-8-10-14-22(20)28(23)5/h7-15,17H,6,16H2,1-5H3. The first-order valence-electron chi connectivity index (χ1n) is 11.0. The molecule has 5 nitrogen and oxygen atoms in total. The van der Waals surface area contributed by atoms with Gasteiger partial charge in [0.05, 0.1) is 16.7 Å². The monoisotopic (exact) mass is 447 g/mol. The number of benzene rings is 2. The highest BCUT2D eigenvalue weighted by Gasteiger charge is 2.38. The highest BCUT2D eigenvalue weighted by Crippen LogP contribution is 2.46. The molecule has 1 aliphatic rings. The predicted octanol–water partition coefficient (Wildman–Crippen LogP) is 5.34. The molecule has 2 heterocycles. The van der Waals surface area contributed by atoms with Crippen molar-refractivity contribution in [3.63, 3.8) is 0 Å². The van der Waals surface area contributed by atoms with Gasteiger partial charge in [0.25, 0.3) is 5.56 Å². The number of hydrogen-bond acceptors (Lipinski definition) is 5. The summed E-state index contributed by atoms with van der Waals surface area (Å²) >= 11 is 1.34. The lowest BCUT2D eigenvalue weighted by Crippen LogP contribution is -2.26. The van der Waals surface area contributed by atoms with Gasteiger partial charge in [-0.15, -0.1) is 0 Å². The Kier molecular flexibility index (Phi) is 5.99. The minimum absolute atomic E-state index is 0.00459. The molecule has 0 radical (unpaired) electrons. The summed E-state index contributed by atoms with van der Waals surface area (Å²) in [6, 6.07) is 15.7. The SMILES string of the molecule is CCC(C)n1c(SCC(=O)C=C2N(C)c3ccccc3C2(C)C)nc2ccccc2c1=O. The Balaban J connectivity index is 1.63. The maximum Gasteiger partial charge on any atom is 0.262 e. The third-order valence-electron chi connectivity index (χ3n) is 6.39. The van der Waals surface area contributed by atoms with E-state index in [2.05, 4.69) is 30.9 Å². The summed E-state index contributed by atoms with van der Waals surface area (Å²) in [5.41, 5.74) is 3.70. The molecule has 0 spiro atoms. The quantitative estimate of drug-likeness (QED) is 0.290. The molecule has 166 valence electrons. The Morgan fingerprint density at radius 2 is 1.84 bits per heavy atom. The van der Waals surface area contributed by atoms with Crippen molar-refractivity contribution in [2.24, 2.45) is 0 Å². The first kappa shape index (κ1) is 22.3. The largest absolute Gasteiger partial charge is 0.347 e. The Labute approximate surface area is 193 Å². The molecule has 2 aromatic carbocycles. The van der Waals surface area contributed by atoms with Crippen LogP contribution in [0.1, 0.15) is 45.7 Å². The minimum Gasteiger partial charge on any atom is -0.347 e. The lowest BCUT2D eigenvalue weighted by Gasteiger charge is -2.24. The fourth-order valence-corrected chi connectivity index (χ4v) is 5.31. The third kappa shape index (κ3) is 3.77. The zero-order chi connectivity index (χ0) is 23.0. The summed E-state index contributed by atoms with van der Waals surface area (Å²) in [6.07, 6.45) is 2.56. The van der Waals surface area contributed by atoms with Crippen LogP contribution in [-0.2, 0) is 10.2 Å². The molecule has 6 heteroatoms. The van der Waals surface area contributed by atoms with Crippen LogP contribution in [-0.4, -0.2) is 28.1 Å². The molecule has 4 rings (SSSR count). The fourth-order valence-electron chi connectivity index (χ4n) is 4.39. The molecule has 0 fully saturated rings. The number of likely N-dealkylation sites (N-methyl/N-ethyl adjacent to an activating group) is 1. The van der Waals surface area contributed by atoms with Crippen LogP contribution in [0.5, 0.6) is 0 Å². The van der Waals surface area contributed by atoms with E-state index in [0.717, 1.165) is 17.8 Å². The Morgan fingerprint density at radius 1 is 1.16 bits per heavy atom. The molecule has 3 aromatic rings. The minimum atomic E-state index is -0.244. The summed E-state index contributed by atoms with van der Waals surface area (Å²) in [7, 11) is 2.01. The third-order valence-corrected chi connectivity index (χ3v) is 7.36. The second-order valence-corrected chi connectivity index (χ2v) is 9.77. The van der Waals surface area contributed by atoms with E-state index in [4.69, 9.17) is 4.98 Å². The summed E-state index contributed by atoms with van der Waals surface area (Å²) < 4.78 is 1.73. The van der Waals surface area contributed by atoms with Gasteiger partial charge in [0, 0.05) is 36.0 Å². The van der Waals surface area contributed by atoms with Gasteiger partial charge >= 0.3 is 0 Å². The Morgan fingerprint density at radius 3 is 2.56 bits per heavy atom. The summed E-state index contributed by atoms with van der Waals surface area (Å²) in [5.74, 6) is 0.237. The highest BCUT2D eigenvalue weighted by molar-refractivity contribution is 7.99. The normalized spacial score (nSPS) is 17.0. The number of thioether (sulfide) groups is 1. The van der Waals surface area contributed by atoms with Gasteiger partial charge in [-0.25, -0.2) is 4.98 Å². The summed E-state index contributed by atoms with van der Waals surface area (Å²) in [5, 5.41) is 1.20. The number of carbonyl (C=O) groups excluding carboxylic acids is 1. The van der Waals surface area contributed by atoms with Crippen molar-refractivity contribution in [2.45, 2.75) is 50.7 Å². The average Bonchev–Trinajstić information content (AvgIpc) is 2.98. The molecule has 0 saturated heterocycles. The van der Waals surface area contributed by atoms with E-state index >= 15 is 0 Å². The Bertz CT molecular complexity index is 1280. The zero-order valence-electron chi connectivity index (χ0n) is 19.3. The van der Waals surface area contributed by atoms with Crippen LogP contribution in [0.4, 0.5) is 5.69 Å². The fraction of sp³-hybridized carbons (Fsp3) is 0.346. The van der Waals surface area contributed by atoms with E-state index in [9.17, 15) is 9.59 Å². The molecule has 0 saturated carbocycles. The van der Waals surface area contributed by atoms with E-state index in [-0.39, 0.29) is 28.6 Å². The number of aromatic nitrogens is 2. The van der Waals surface area contributed by atoms with Crippen molar-refractivity contribution in [2.75, 3.05) is 17.7 Å². The lowest BCUT2D eigenvalue weighted by molar-refractivity contribution is -0.112. The summed E-state index contributed by atoms with van der Waals surface area (Å²) in [6.45, 7) is 8.35. The number of fused-ring (bicyclic) bond motifs is 2. The molecular weight excluding hydrogens is 418 g/mol. The molecule has 0 bridgehead atoms. The van der Waals surface area contributed by atoms with Crippen molar-refractivity contribution in [3.8, 4) is 0 Å². The lowest BCUT2D eigenvalue weighted by atomic mass is 9.83. The van der Waals surface area contributed by atoms with Crippen LogP contribution in [0.15, 0.2) is 70.3 Å². The second-order valence-electron chi connectivity index (χ2n) is 8.83. The van der Waals surface area contributed by atoms with Gasteiger partial charge in [0.2, 0.25) is 0 Å². The van der Waals surface area contributed by atoms with Gasteiger partial charge in [-0.2, -0.15) is 0 Å². The Hall–Kier alpha value is -2.86. The highest BCUT2D eigenvalue weighted by atomic mass is 32.2. The summed E-state index contributed by atoms with van der Waals surface area (Å²) in [4.78, 5) is 33.0. The van der Waals surface area contributed by atoms with E-state index in [1.165, 1.54) is 17.3 Å². The average molecular weight is 448 g/mol. The number of anilines is 1. The molecular formula is C26H29N3O2S. The van der Waals surface area contributed by atoms with Crippen LogP contribution in [0.2, 0.25) is 0 Å². The van der Waals surface area contributed by atoms with Crippen molar-refractivity contribution in [1.82, 2.24) is 9.55 Å². The van der Waals surface area contributed by atoms with Gasteiger partial charge < -0.3 is 4.90 Å². The predicted molar refractivity (Wildman–Crippen MR) is 133 cm³/mol. The van der Waals surface area contributed by atoms with Crippen LogP contribution < -0.4 is 10.5 Å². The van der Waals surface area contributed by atoms with E-state index < -0.39 is 0 Å². The molecule has 0 N–H and O–H groups in total. The number of nitrogens with zero attached hydrogens (tertiary/aromatic N) is 3. The first-order valence-corrected chi connectivity index (χ1v) is 12.0.